The van der Waals surface area contributed by atoms with Crippen LogP contribution in [0.4, 0.5) is 0 Å². The minimum absolute atomic E-state index is 0.425. The third-order valence-corrected chi connectivity index (χ3v) is 4.01. The van der Waals surface area contributed by atoms with E-state index in [1.165, 1.54) is 0 Å². The molecule has 2 aromatic rings. The molecule has 158 valence electrons. The van der Waals surface area contributed by atoms with Crippen molar-refractivity contribution in [2.75, 3.05) is 66.1 Å². The van der Waals surface area contributed by atoms with Crippen molar-refractivity contribution < 1.29 is 33.2 Å². The zero-order valence-electron chi connectivity index (χ0n) is 16.5. The molecule has 0 unspecified atom stereocenters. The summed E-state index contributed by atoms with van der Waals surface area (Å²) in [5.41, 5.74) is 0. The Morgan fingerprint density at radius 3 is 0.862 bits per heavy atom. The van der Waals surface area contributed by atoms with Crippen LogP contribution in [0.1, 0.15) is 0 Å². The van der Waals surface area contributed by atoms with Gasteiger partial charge in [0.2, 0.25) is 0 Å². The van der Waals surface area contributed by atoms with Gasteiger partial charge in [-0.05, 0) is 24.3 Å². The molecule has 0 amide bonds. The number of para-hydroxylation sites is 4. The van der Waals surface area contributed by atoms with E-state index in [1.807, 2.05) is 48.5 Å². The lowest BCUT2D eigenvalue weighted by Crippen LogP contribution is -2.14. The molecule has 1 aliphatic heterocycles. The normalized spacial score (nSPS) is 17.7. The molecule has 0 aromatic heterocycles. The summed E-state index contributed by atoms with van der Waals surface area (Å²) in [4.78, 5) is 0. The molecule has 2 aromatic carbocycles. The van der Waals surface area contributed by atoms with Gasteiger partial charge in [-0.25, -0.2) is 0 Å². The fourth-order valence-electron chi connectivity index (χ4n) is 2.64. The van der Waals surface area contributed by atoms with Gasteiger partial charge in [0, 0.05) is 0 Å². The fraction of sp³-hybridized carbons (Fsp3) is 0.455. The van der Waals surface area contributed by atoms with E-state index in [0.717, 1.165) is 0 Å². The van der Waals surface area contributed by atoms with Crippen molar-refractivity contribution in [2.45, 2.75) is 0 Å². The Morgan fingerprint density at radius 1 is 0.345 bits per heavy atom. The van der Waals surface area contributed by atoms with E-state index in [4.69, 9.17) is 33.2 Å². The predicted octanol–water partition coefficient (Wildman–Crippen LogP) is 2.97. The summed E-state index contributed by atoms with van der Waals surface area (Å²) in [6.45, 7) is 4.58. The largest absolute Gasteiger partial charge is 0.487 e. The second kappa shape index (κ2) is 12.9. The van der Waals surface area contributed by atoms with Crippen LogP contribution in [0.15, 0.2) is 48.5 Å². The first kappa shape index (κ1) is 21.2. The molecule has 0 bridgehead atoms. The first-order valence-corrected chi connectivity index (χ1v) is 9.86. The zero-order chi connectivity index (χ0) is 20.0. The van der Waals surface area contributed by atoms with Crippen molar-refractivity contribution in [3.8, 4) is 23.0 Å². The van der Waals surface area contributed by atoms with Gasteiger partial charge >= 0.3 is 0 Å². The van der Waals surface area contributed by atoms with Gasteiger partial charge in [-0.1, -0.05) is 24.3 Å². The number of fused-ring (bicyclic) bond motifs is 2. The van der Waals surface area contributed by atoms with Gasteiger partial charge in [0.05, 0.1) is 39.6 Å². The Hall–Kier alpha value is -2.48. The van der Waals surface area contributed by atoms with Crippen molar-refractivity contribution in [3.05, 3.63) is 48.5 Å². The van der Waals surface area contributed by atoms with E-state index in [-0.39, 0.29) is 0 Å². The number of benzene rings is 2. The maximum atomic E-state index is 5.77. The van der Waals surface area contributed by atoms with Crippen molar-refractivity contribution in [2.24, 2.45) is 0 Å². The second-order valence-corrected chi connectivity index (χ2v) is 6.12. The van der Waals surface area contributed by atoms with Crippen molar-refractivity contribution >= 4 is 0 Å². The molecular formula is C22H28O7. The summed E-state index contributed by atoms with van der Waals surface area (Å²) < 4.78 is 39.7. The maximum Gasteiger partial charge on any atom is 0.161 e. The standard InChI is InChI=1S/C22H28O7/c1-3-7-21-19(5-1)26-15-11-23-9-10-24-12-16-27-20-6-2-4-8-22(20)29-18-14-25-13-17-28-21/h1-8H,9-18H2. The lowest BCUT2D eigenvalue weighted by molar-refractivity contribution is 0.0268. The second-order valence-electron chi connectivity index (χ2n) is 6.12. The summed E-state index contributed by atoms with van der Waals surface area (Å²) >= 11 is 0. The average molecular weight is 404 g/mol. The van der Waals surface area contributed by atoms with Crippen LogP contribution in [-0.4, -0.2) is 66.1 Å². The van der Waals surface area contributed by atoms with Crippen LogP contribution in [0, 0.1) is 0 Å². The van der Waals surface area contributed by atoms with Gasteiger partial charge in [0.1, 0.15) is 26.4 Å². The Labute approximate surface area is 171 Å². The first-order valence-electron chi connectivity index (χ1n) is 9.86. The molecule has 0 radical (unpaired) electrons. The van der Waals surface area contributed by atoms with Gasteiger partial charge in [-0.15, -0.1) is 0 Å². The smallest absolute Gasteiger partial charge is 0.161 e. The highest BCUT2D eigenvalue weighted by Gasteiger charge is 2.06. The Kier molecular flexibility index (Phi) is 9.43. The van der Waals surface area contributed by atoms with E-state index >= 15 is 0 Å². The summed E-state index contributed by atoms with van der Waals surface area (Å²) in [6, 6.07) is 15.1. The molecule has 29 heavy (non-hydrogen) atoms. The van der Waals surface area contributed by atoms with Gasteiger partial charge in [-0.2, -0.15) is 0 Å². The van der Waals surface area contributed by atoms with Gasteiger partial charge in [-0.3, -0.25) is 0 Å². The van der Waals surface area contributed by atoms with Gasteiger partial charge in [0.25, 0.3) is 0 Å². The van der Waals surface area contributed by atoms with Crippen LogP contribution < -0.4 is 18.9 Å². The predicted molar refractivity (Wildman–Crippen MR) is 107 cm³/mol. The van der Waals surface area contributed by atoms with Crippen LogP contribution in [0.2, 0.25) is 0 Å². The van der Waals surface area contributed by atoms with Crippen LogP contribution in [0.5, 0.6) is 23.0 Å². The SMILES string of the molecule is c1ccc2c(c1)OCCOCCOCCOc1ccccc1OCCOCCO2. The fourth-order valence-corrected chi connectivity index (χ4v) is 2.64. The molecule has 0 atom stereocenters. The number of ether oxygens (including phenoxy) is 7. The van der Waals surface area contributed by atoms with Crippen molar-refractivity contribution in [3.63, 3.8) is 0 Å². The molecule has 7 heteroatoms. The topological polar surface area (TPSA) is 64.6 Å². The van der Waals surface area contributed by atoms with Crippen LogP contribution in [0.25, 0.3) is 0 Å². The van der Waals surface area contributed by atoms with E-state index in [2.05, 4.69) is 0 Å². The third-order valence-electron chi connectivity index (χ3n) is 4.01. The molecular weight excluding hydrogens is 376 g/mol. The molecule has 0 fully saturated rings. The van der Waals surface area contributed by atoms with E-state index < -0.39 is 0 Å². The lowest BCUT2D eigenvalue weighted by atomic mass is 10.3. The van der Waals surface area contributed by atoms with E-state index in [1.54, 1.807) is 0 Å². The maximum absolute atomic E-state index is 5.77. The summed E-state index contributed by atoms with van der Waals surface area (Å²) in [5, 5.41) is 0. The Morgan fingerprint density at radius 2 is 0.586 bits per heavy atom. The minimum Gasteiger partial charge on any atom is -0.487 e. The highest BCUT2D eigenvalue weighted by Crippen LogP contribution is 2.27. The molecule has 0 aliphatic carbocycles. The first-order chi connectivity index (χ1) is 14.4. The van der Waals surface area contributed by atoms with E-state index in [0.29, 0.717) is 89.1 Å². The highest BCUT2D eigenvalue weighted by molar-refractivity contribution is 5.40. The number of rotatable bonds is 0. The average Bonchev–Trinajstić information content (AvgIpc) is 2.75. The highest BCUT2D eigenvalue weighted by atomic mass is 16.6. The van der Waals surface area contributed by atoms with Gasteiger partial charge < -0.3 is 33.2 Å². The van der Waals surface area contributed by atoms with Gasteiger partial charge in [0.15, 0.2) is 23.0 Å². The number of hydrogen-bond acceptors (Lipinski definition) is 7. The zero-order valence-corrected chi connectivity index (χ0v) is 16.5. The summed E-state index contributed by atoms with van der Waals surface area (Å²) in [5.74, 6) is 2.76. The van der Waals surface area contributed by atoms with Crippen molar-refractivity contribution in [1.29, 1.82) is 0 Å². The summed E-state index contributed by atoms with van der Waals surface area (Å²) in [6.07, 6.45) is 0. The molecule has 7 nitrogen and oxygen atoms in total. The Bertz CT molecular complexity index is 648. The Balaban J connectivity index is 1.51. The monoisotopic (exact) mass is 404 g/mol. The molecule has 1 heterocycles. The molecule has 1 aliphatic rings. The number of hydrogen-bond donors (Lipinski definition) is 0. The van der Waals surface area contributed by atoms with Crippen molar-refractivity contribution in [1.82, 2.24) is 0 Å². The summed E-state index contributed by atoms with van der Waals surface area (Å²) in [7, 11) is 0. The van der Waals surface area contributed by atoms with Crippen LogP contribution in [-0.2, 0) is 14.2 Å². The minimum atomic E-state index is 0.425. The van der Waals surface area contributed by atoms with Crippen LogP contribution in [0.3, 0.4) is 0 Å². The molecule has 3 rings (SSSR count). The quantitative estimate of drug-likeness (QED) is 0.669. The molecule has 0 saturated carbocycles. The third kappa shape index (κ3) is 7.81. The van der Waals surface area contributed by atoms with Crippen LogP contribution >= 0.6 is 0 Å². The molecule has 0 spiro atoms. The van der Waals surface area contributed by atoms with E-state index in [9.17, 15) is 0 Å². The lowest BCUT2D eigenvalue weighted by Gasteiger charge is -2.13. The molecule has 0 N–H and O–H groups in total. The molecule has 0 saturated heterocycles.